The van der Waals surface area contributed by atoms with Gasteiger partial charge >= 0.3 is 0 Å². The molecule has 1 aromatic heterocycles. The molecular weight excluding hydrogens is 412 g/mol. The van der Waals surface area contributed by atoms with Gasteiger partial charge in [-0.2, -0.15) is 0 Å². The van der Waals surface area contributed by atoms with Crippen LogP contribution in [0.5, 0.6) is 5.75 Å². The first-order valence-electron chi connectivity index (χ1n) is 8.12. The van der Waals surface area contributed by atoms with Gasteiger partial charge < -0.3 is 19.8 Å². The number of amides is 2. The van der Waals surface area contributed by atoms with E-state index < -0.39 is 0 Å². The minimum Gasteiger partial charge on any atom is -0.497 e. The first-order chi connectivity index (χ1) is 13.1. The molecule has 6 nitrogen and oxygen atoms in total. The minimum atomic E-state index is -0.332. The number of carbonyl (C=O) groups is 2. The third kappa shape index (κ3) is 4.77. The highest BCUT2D eigenvalue weighted by Crippen LogP contribution is 2.22. The van der Waals surface area contributed by atoms with Gasteiger partial charge in [-0.25, -0.2) is 0 Å². The normalized spacial score (nSPS) is 10.3. The molecule has 2 N–H and O–H groups in total. The highest BCUT2D eigenvalue weighted by Gasteiger charge is 2.12. The molecule has 0 saturated carbocycles. The van der Waals surface area contributed by atoms with Crippen molar-refractivity contribution < 1.29 is 18.7 Å². The summed E-state index contributed by atoms with van der Waals surface area (Å²) in [6.45, 7) is 0.312. The monoisotopic (exact) mass is 428 g/mol. The van der Waals surface area contributed by atoms with Crippen LogP contribution in [0.2, 0.25) is 0 Å². The van der Waals surface area contributed by atoms with Crippen molar-refractivity contribution in [1.82, 2.24) is 5.32 Å². The van der Waals surface area contributed by atoms with Crippen LogP contribution in [0.3, 0.4) is 0 Å². The van der Waals surface area contributed by atoms with Gasteiger partial charge in [0, 0.05) is 16.7 Å². The fourth-order valence-corrected chi connectivity index (χ4v) is 2.87. The number of nitrogens with one attached hydrogen (secondary N) is 2. The van der Waals surface area contributed by atoms with E-state index in [4.69, 9.17) is 9.15 Å². The molecule has 0 fully saturated rings. The molecule has 2 amide bonds. The second-order valence-electron chi connectivity index (χ2n) is 5.66. The van der Waals surface area contributed by atoms with Crippen LogP contribution >= 0.6 is 15.9 Å². The maximum atomic E-state index is 12.4. The second-order valence-corrected chi connectivity index (χ2v) is 6.51. The van der Waals surface area contributed by atoms with Crippen LogP contribution in [0, 0.1) is 0 Å². The number of anilines is 1. The van der Waals surface area contributed by atoms with Crippen molar-refractivity contribution in [1.29, 1.82) is 0 Å². The zero-order chi connectivity index (χ0) is 19.2. The molecule has 3 rings (SSSR count). The van der Waals surface area contributed by atoms with Crippen LogP contribution in [0.1, 0.15) is 26.5 Å². The summed E-state index contributed by atoms with van der Waals surface area (Å²) < 4.78 is 10.9. The summed E-state index contributed by atoms with van der Waals surface area (Å²) in [7, 11) is 1.55. The lowest BCUT2D eigenvalue weighted by molar-refractivity contribution is 0.0948. The molecule has 2 aromatic carbocycles. The molecule has 0 atom stereocenters. The Balaban J connectivity index is 1.64. The molecule has 0 aliphatic rings. The van der Waals surface area contributed by atoms with E-state index in [1.807, 2.05) is 6.07 Å². The van der Waals surface area contributed by atoms with E-state index in [-0.39, 0.29) is 17.6 Å². The van der Waals surface area contributed by atoms with Crippen molar-refractivity contribution in [2.45, 2.75) is 6.54 Å². The smallest absolute Gasteiger partial charge is 0.291 e. The number of halogens is 1. The van der Waals surface area contributed by atoms with Gasteiger partial charge in [0.15, 0.2) is 5.76 Å². The lowest BCUT2D eigenvalue weighted by atomic mass is 10.1. The van der Waals surface area contributed by atoms with Crippen molar-refractivity contribution in [2.75, 3.05) is 12.4 Å². The Morgan fingerprint density at radius 3 is 2.67 bits per heavy atom. The van der Waals surface area contributed by atoms with E-state index in [1.54, 1.807) is 55.6 Å². The Kier molecular flexibility index (Phi) is 5.93. The SMILES string of the molecule is COc1ccc(Br)c(C(=O)NCc2cccc(NC(=O)c3ccco3)c2)c1. The topological polar surface area (TPSA) is 80.6 Å². The molecular formula is C20H17BrN2O4. The fourth-order valence-electron chi connectivity index (χ4n) is 2.44. The molecule has 138 valence electrons. The van der Waals surface area contributed by atoms with Crippen LogP contribution in [-0.2, 0) is 6.54 Å². The third-order valence-electron chi connectivity index (χ3n) is 3.80. The molecule has 27 heavy (non-hydrogen) atoms. The van der Waals surface area contributed by atoms with Gasteiger partial charge in [-0.1, -0.05) is 12.1 Å². The van der Waals surface area contributed by atoms with Gasteiger partial charge in [0.1, 0.15) is 5.75 Å². The van der Waals surface area contributed by atoms with Crippen LogP contribution in [-0.4, -0.2) is 18.9 Å². The first-order valence-corrected chi connectivity index (χ1v) is 8.91. The van der Waals surface area contributed by atoms with Gasteiger partial charge in [0.05, 0.1) is 18.9 Å². The number of benzene rings is 2. The van der Waals surface area contributed by atoms with Crippen LogP contribution < -0.4 is 15.4 Å². The summed E-state index contributed by atoms with van der Waals surface area (Å²) in [5, 5.41) is 5.62. The highest BCUT2D eigenvalue weighted by atomic mass is 79.9. The number of rotatable bonds is 6. The third-order valence-corrected chi connectivity index (χ3v) is 4.49. The summed E-state index contributed by atoms with van der Waals surface area (Å²) in [5.74, 6) is 0.273. The van der Waals surface area contributed by atoms with Gasteiger partial charge in [0.2, 0.25) is 0 Å². The van der Waals surface area contributed by atoms with Crippen LogP contribution in [0.15, 0.2) is 69.8 Å². The molecule has 0 aliphatic heterocycles. The van der Waals surface area contributed by atoms with E-state index in [0.717, 1.165) is 5.56 Å². The molecule has 0 saturated heterocycles. The Morgan fingerprint density at radius 2 is 1.93 bits per heavy atom. The van der Waals surface area contributed by atoms with E-state index in [9.17, 15) is 9.59 Å². The predicted molar refractivity (Wildman–Crippen MR) is 105 cm³/mol. The van der Waals surface area contributed by atoms with E-state index in [1.165, 1.54) is 6.26 Å². The number of ether oxygens (including phenoxy) is 1. The lowest BCUT2D eigenvalue weighted by Gasteiger charge is -2.10. The molecule has 1 heterocycles. The quantitative estimate of drug-likeness (QED) is 0.615. The molecule has 0 spiro atoms. The molecule has 0 unspecified atom stereocenters. The molecule has 3 aromatic rings. The number of hydrogen-bond acceptors (Lipinski definition) is 4. The highest BCUT2D eigenvalue weighted by molar-refractivity contribution is 9.10. The Hall–Kier alpha value is -3.06. The average molecular weight is 429 g/mol. The summed E-state index contributed by atoms with van der Waals surface area (Å²) in [4.78, 5) is 24.5. The van der Waals surface area contributed by atoms with Gasteiger partial charge in [0.25, 0.3) is 11.8 Å². The van der Waals surface area contributed by atoms with E-state index in [2.05, 4.69) is 26.6 Å². The zero-order valence-corrected chi connectivity index (χ0v) is 16.1. The van der Waals surface area contributed by atoms with Crippen molar-refractivity contribution in [2.24, 2.45) is 0 Å². The van der Waals surface area contributed by atoms with Crippen molar-refractivity contribution in [3.8, 4) is 5.75 Å². The molecule has 0 aliphatic carbocycles. The fraction of sp³-hybridized carbons (Fsp3) is 0.100. The number of hydrogen-bond donors (Lipinski definition) is 2. The Morgan fingerprint density at radius 1 is 1.07 bits per heavy atom. The zero-order valence-electron chi connectivity index (χ0n) is 14.5. The number of carbonyl (C=O) groups excluding carboxylic acids is 2. The predicted octanol–water partition coefficient (Wildman–Crippen LogP) is 4.23. The van der Waals surface area contributed by atoms with Crippen molar-refractivity contribution >= 4 is 33.4 Å². The molecule has 0 bridgehead atoms. The number of furan rings is 1. The number of methoxy groups -OCH3 is 1. The van der Waals surface area contributed by atoms with Crippen molar-refractivity contribution in [3.63, 3.8) is 0 Å². The average Bonchev–Trinajstić information content (AvgIpc) is 3.22. The second kappa shape index (κ2) is 8.55. The van der Waals surface area contributed by atoms with Crippen LogP contribution in [0.25, 0.3) is 0 Å². The first kappa shape index (κ1) is 18.7. The Bertz CT molecular complexity index is 954. The summed E-state index contributed by atoms with van der Waals surface area (Å²) in [6.07, 6.45) is 1.44. The lowest BCUT2D eigenvalue weighted by Crippen LogP contribution is -2.23. The van der Waals surface area contributed by atoms with Crippen molar-refractivity contribution in [3.05, 3.63) is 82.2 Å². The van der Waals surface area contributed by atoms with Gasteiger partial charge in [-0.3, -0.25) is 9.59 Å². The maximum absolute atomic E-state index is 12.4. The Labute approximate surface area is 164 Å². The maximum Gasteiger partial charge on any atom is 0.291 e. The summed E-state index contributed by atoms with van der Waals surface area (Å²) in [5.41, 5.74) is 1.95. The largest absolute Gasteiger partial charge is 0.497 e. The van der Waals surface area contributed by atoms with E-state index in [0.29, 0.717) is 28.0 Å². The van der Waals surface area contributed by atoms with Gasteiger partial charge in [-0.05, 0) is 64.0 Å². The minimum absolute atomic E-state index is 0.231. The van der Waals surface area contributed by atoms with E-state index >= 15 is 0 Å². The summed E-state index contributed by atoms with van der Waals surface area (Å²) in [6, 6.07) is 15.7. The summed E-state index contributed by atoms with van der Waals surface area (Å²) >= 11 is 3.37. The van der Waals surface area contributed by atoms with Gasteiger partial charge in [-0.15, -0.1) is 0 Å². The molecule has 7 heteroatoms. The molecule has 0 radical (unpaired) electrons. The standard InChI is InChI=1S/C20H17BrN2O4/c1-26-15-7-8-17(21)16(11-15)19(24)22-12-13-4-2-5-14(10-13)23-20(25)18-6-3-9-27-18/h2-11H,12H2,1H3,(H,22,24)(H,23,25). The van der Waals surface area contributed by atoms with Crippen LogP contribution in [0.4, 0.5) is 5.69 Å².